The van der Waals surface area contributed by atoms with Crippen LogP contribution in [0, 0.1) is 5.41 Å². The number of thiazole rings is 1. The Morgan fingerprint density at radius 3 is 2.60 bits per heavy atom. The molecule has 0 aliphatic rings. The van der Waals surface area contributed by atoms with E-state index in [1.807, 2.05) is 0 Å². The molecule has 1 rings (SSSR count). The van der Waals surface area contributed by atoms with Gasteiger partial charge in [-0.15, -0.1) is 11.3 Å². The zero-order valence-corrected chi connectivity index (χ0v) is 11.7. The Morgan fingerprint density at radius 2 is 2.13 bits per heavy atom. The van der Waals surface area contributed by atoms with Crippen LogP contribution in [0.3, 0.4) is 0 Å². The summed E-state index contributed by atoms with van der Waals surface area (Å²) in [6, 6.07) is 0. The lowest BCUT2D eigenvalue weighted by Gasteiger charge is -2.16. The number of nitrogens with zero attached hydrogens (tertiary/aromatic N) is 1. The summed E-state index contributed by atoms with van der Waals surface area (Å²) in [5.41, 5.74) is 0.568. The van der Waals surface area contributed by atoms with E-state index in [4.69, 9.17) is 0 Å². The smallest absolute Gasteiger partial charge is 0.357 e. The molecule has 0 amide bonds. The van der Waals surface area contributed by atoms with Crippen LogP contribution in [0.15, 0.2) is 3.92 Å². The highest BCUT2D eigenvalue weighted by molar-refractivity contribution is 9.11. The Hall–Kier alpha value is -0.420. The fourth-order valence-corrected chi connectivity index (χ4v) is 3.02. The highest BCUT2D eigenvalue weighted by Gasteiger charge is 2.22. The summed E-state index contributed by atoms with van der Waals surface area (Å²) < 4.78 is 5.41. The first-order valence-electron chi connectivity index (χ1n) is 4.57. The minimum Gasteiger partial charge on any atom is -0.464 e. The fourth-order valence-electron chi connectivity index (χ4n) is 1.18. The minimum atomic E-state index is -0.365. The van der Waals surface area contributed by atoms with Gasteiger partial charge in [0.2, 0.25) is 0 Å². The van der Waals surface area contributed by atoms with E-state index in [-0.39, 0.29) is 11.4 Å². The van der Waals surface area contributed by atoms with Gasteiger partial charge in [-0.05, 0) is 27.8 Å². The third-order valence-electron chi connectivity index (χ3n) is 1.74. The van der Waals surface area contributed by atoms with Gasteiger partial charge in [-0.25, -0.2) is 9.78 Å². The second-order valence-electron chi connectivity index (χ2n) is 4.47. The van der Waals surface area contributed by atoms with Crippen molar-refractivity contribution in [3.8, 4) is 0 Å². The molecule has 0 unspecified atom stereocenters. The summed E-state index contributed by atoms with van der Waals surface area (Å²) in [5, 5.41) is 0. The van der Waals surface area contributed by atoms with Crippen LogP contribution < -0.4 is 0 Å². The summed E-state index contributed by atoms with van der Waals surface area (Å²) in [6.45, 7) is 6.38. The van der Waals surface area contributed by atoms with Gasteiger partial charge in [0.15, 0.2) is 9.61 Å². The van der Waals surface area contributed by atoms with Crippen LogP contribution in [0.1, 0.15) is 36.1 Å². The number of halogens is 1. The van der Waals surface area contributed by atoms with Crippen LogP contribution in [0.5, 0.6) is 0 Å². The van der Waals surface area contributed by atoms with Gasteiger partial charge in [0.1, 0.15) is 0 Å². The van der Waals surface area contributed by atoms with Crippen molar-refractivity contribution >= 4 is 33.2 Å². The fraction of sp³-hybridized carbons (Fsp3) is 0.600. The van der Waals surface area contributed by atoms with Crippen molar-refractivity contribution in [1.29, 1.82) is 0 Å². The number of ether oxygens (including phenoxy) is 1. The molecule has 0 aliphatic heterocycles. The summed E-state index contributed by atoms with van der Waals surface area (Å²) in [6.07, 6.45) is 0.820. The number of methoxy groups -OCH3 is 1. The molecule has 5 heteroatoms. The van der Waals surface area contributed by atoms with Gasteiger partial charge < -0.3 is 4.74 Å². The minimum absolute atomic E-state index is 0.134. The van der Waals surface area contributed by atoms with Crippen molar-refractivity contribution in [2.45, 2.75) is 27.2 Å². The molecule has 0 fully saturated rings. The molecule has 0 atom stereocenters. The van der Waals surface area contributed by atoms with E-state index >= 15 is 0 Å². The molecule has 0 aromatic carbocycles. The lowest BCUT2D eigenvalue weighted by Crippen LogP contribution is -2.12. The lowest BCUT2D eigenvalue weighted by molar-refractivity contribution is 0.0593. The van der Waals surface area contributed by atoms with E-state index in [0.717, 1.165) is 15.2 Å². The van der Waals surface area contributed by atoms with Crippen LogP contribution in [0.25, 0.3) is 0 Å². The first-order valence-corrected chi connectivity index (χ1v) is 6.18. The van der Waals surface area contributed by atoms with E-state index < -0.39 is 0 Å². The molecule has 1 aromatic rings. The number of hydrogen-bond acceptors (Lipinski definition) is 4. The quantitative estimate of drug-likeness (QED) is 0.785. The van der Waals surface area contributed by atoms with E-state index in [1.165, 1.54) is 18.4 Å². The molecule has 0 bridgehead atoms. The number of carbonyl (C=O) groups excluding carboxylic acids is 1. The van der Waals surface area contributed by atoms with Crippen molar-refractivity contribution in [3.05, 3.63) is 14.5 Å². The molecule has 3 nitrogen and oxygen atoms in total. The molecule has 0 aliphatic carbocycles. The zero-order chi connectivity index (χ0) is 11.6. The second kappa shape index (κ2) is 4.61. The van der Waals surface area contributed by atoms with Gasteiger partial charge in [-0.3, -0.25) is 0 Å². The first-order chi connectivity index (χ1) is 6.83. The Kier molecular flexibility index (Phi) is 3.89. The predicted molar refractivity (Wildman–Crippen MR) is 64.3 cm³/mol. The Balaban J connectivity index is 3.01. The van der Waals surface area contributed by atoms with E-state index in [1.54, 1.807) is 0 Å². The third-order valence-corrected chi connectivity index (χ3v) is 3.25. The molecule has 0 radical (unpaired) electrons. The van der Waals surface area contributed by atoms with E-state index in [9.17, 15) is 4.79 Å². The Bertz CT molecular complexity index is 368. The number of rotatable bonds is 2. The van der Waals surface area contributed by atoms with Crippen LogP contribution in [-0.2, 0) is 11.2 Å². The van der Waals surface area contributed by atoms with Crippen LogP contribution in [-0.4, -0.2) is 18.1 Å². The molecule has 0 saturated carbocycles. The molecular formula is C10H14BrNO2S. The van der Waals surface area contributed by atoms with Crippen molar-refractivity contribution < 1.29 is 9.53 Å². The Morgan fingerprint density at radius 1 is 1.53 bits per heavy atom. The lowest BCUT2D eigenvalue weighted by atomic mass is 9.91. The van der Waals surface area contributed by atoms with Crippen LogP contribution in [0.2, 0.25) is 0 Å². The second-order valence-corrected chi connectivity index (χ2v) is 6.83. The molecule has 0 N–H and O–H groups in total. The van der Waals surface area contributed by atoms with Gasteiger partial charge in [-0.1, -0.05) is 20.8 Å². The predicted octanol–water partition coefficient (Wildman–Crippen LogP) is 3.28. The number of carbonyl (C=O) groups is 1. The highest BCUT2D eigenvalue weighted by Crippen LogP contribution is 2.30. The average molecular weight is 292 g/mol. The normalized spacial score (nSPS) is 11.5. The maximum atomic E-state index is 11.4. The first kappa shape index (κ1) is 12.6. The number of hydrogen-bond donors (Lipinski definition) is 0. The molecule has 84 valence electrons. The maximum Gasteiger partial charge on any atom is 0.357 e. The molecule has 1 heterocycles. The van der Waals surface area contributed by atoms with E-state index in [0.29, 0.717) is 5.69 Å². The summed E-state index contributed by atoms with van der Waals surface area (Å²) >= 11 is 4.78. The SMILES string of the molecule is COC(=O)c1nc(Br)sc1CC(C)(C)C. The zero-order valence-electron chi connectivity index (χ0n) is 9.26. The highest BCUT2D eigenvalue weighted by atomic mass is 79.9. The summed E-state index contributed by atoms with van der Waals surface area (Å²) in [5.74, 6) is -0.365. The Labute approximate surface area is 102 Å². The van der Waals surface area contributed by atoms with Crippen molar-refractivity contribution in [1.82, 2.24) is 4.98 Å². The monoisotopic (exact) mass is 291 g/mol. The molecule has 15 heavy (non-hydrogen) atoms. The van der Waals surface area contributed by atoms with Gasteiger partial charge in [0, 0.05) is 4.88 Å². The number of aromatic nitrogens is 1. The van der Waals surface area contributed by atoms with Crippen molar-refractivity contribution in [2.75, 3.05) is 7.11 Å². The molecule has 0 saturated heterocycles. The van der Waals surface area contributed by atoms with Crippen LogP contribution in [0.4, 0.5) is 0 Å². The van der Waals surface area contributed by atoms with E-state index in [2.05, 4.69) is 46.4 Å². The van der Waals surface area contributed by atoms with Gasteiger partial charge >= 0.3 is 5.97 Å². The molecular weight excluding hydrogens is 278 g/mol. The van der Waals surface area contributed by atoms with Gasteiger partial charge in [0.25, 0.3) is 0 Å². The standard InChI is InChI=1S/C10H14BrNO2S/c1-10(2,3)5-6-7(8(13)14-4)12-9(11)15-6/h5H2,1-4H3. The topological polar surface area (TPSA) is 39.2 Å². The summed E-state index contributed by atoms with van der Waals surface area (Å²) in [4.78, 5) is 16.5. The maximum absolute atomic E-state index is 11.4. The van der Waals surface area contributed by atoms with Gasteiger partial charge in [-0.2, -0.15) is 0 Å². The molecule has 0 spiro atoms. The third kappa shape index (κ3) is 3.57. The largest absolute Gasteiger partial charge is 0.464 e. The molecule has 1 aromatic heterocycles. The summed E-state index contributed by atoms with van der Waals surface area (Å²) in [7, 11) is 1.37. The van der Waals surface area contributed by atoms with Crippen molar-refractivity contribution in [3.63, 3.8) is 0 Å². The van der Waals surface area contributed by atoms with Crippen molar-refractivity contribution in [2.24, 2.45) is 5.41 Å². The van der Waals surface area contributed by atoms with Gasteiger partial charge in [0.05, 0.1) is 7.11 Å². The number of esters is 1. The van der Waals surface area contributed by atoms with Crippen LogP contribution >= 0.6 is 27.3 Å². The average Bonchev–Trinajstić information content (AvgIpc) is 2.42.